The van der Waals surface area contributed by atoms with E-state index in [2.05, 4.69) is 0 Å². The van der Waals surface area contributed by atoms with Crippen molar-refractivity contribution in [2.24, 2.45) is 0 Å². The van der Waals surface area contributed by atoms with E-state index in [0.29, 0.717) is 0 Å². The van der Waals surface area contributed by atoms with Crippen LogP contribution in [0.4, 0.5) is 0 Å². The molecule has 0 aliphatic rings. The number of hydrogen-bond acceptors (Lipinski definition) is 4. The third-order valence-corrected chi connectivity index (χ3v) is 8.66. The third kappa shape index (κ3) is 3.96. The molecule has 0 aromatic heterocycles. The van der Waals surface area contributed by atoms with Gasteiger partial charge in [-0.1, -0.05) is 0 Å². The fraction of sp³-hybridized carbons (Fsp3) is 0.222. The zero-order valence-electron chi connectivity index (χ0n) is 13.3. The van der Waals surface area contributed by atoms with Crippen LogP contribution in [0.5, 0.6) is 0 Å². The van der Waals surface area contributed by atoms with Crippen molar-refractivity contribution in [3.05, 3.63) is 60.7 Å². The molecule has 23 heavy (non-hydrogen) atoms. The average molecular weight is 332 g/mol. The van der Waals surface area contributed by atoms with Crippen LogP contribution >= 0.6 is 7.26 Å². The molecule has 2 rings (SSSR count). The standard InChI is InChI=1S/C18H21O4P/c1-21-17(19)13-23(14-18(20)22-2,15-9-5-3-6-10-15)16-11-7-4-8-12-16/h3-12,23H,13-14H2,1-2H3. The molecule has 0 heterocycles. The van der Waals surface area contributed by atoms with E-state index < -0.39 is 7.26 Å². The van der Waals surface area contributed by atoms with E-state index in [-0.39, 0.29) is 24.3 Å². The number of benzene rings is 2. The molecule has 5 heteroatoms. The van der Waals surface area contributed by atoms with Crippen LogP contribution in [-0.2, 0) is 19.1 Å². The fourth-order valence-corrected chi connectivity index (χ4v) is 7.00. The van der Waals surface area contributed by atoms with Gasteiger partial charge in [0.15, 0.2) is 0 Å². The molecule has 2 aromatic carbocycles. The summed E-state index contributed by atoms with van der Waals surface area (Å²) >= 11 is 0. The molecule has 0 amide bonds. The molecule has 0 saturated heterocycles. The van der Waals surface area contributed by atoms with Crippen LogP contribution in [0.25, 0.3) is 0 Å². The van der Waals surface area contributed by atoms with E-state index >= 15 is 0 Å². The van der Waals surface area contributed by atoms with Crippen LogP contribution in [-0.4, -0.2) is 38.5 Å². The van der Waals surface area contributed by atoms with Gasteiger partial charge in [-0.2, -0.15) is 0 Å². The maximum atomic E-state index is 12.1. The van der Waals surface area contributed by atoms with E-state index in [9.17, 15) is 9.59 Å². The summed E-state index contributed by atoms with van der Waals surface area (Å²) in [5.41, 5.74) is 0. The number of esters is 2. The second kappa shape index (κ2) is 7.89. The number of carbonyl (C=O) groups excluding carboxylic acids is 2. The Kier molecular flexibility index (Phi) is 5.89. The van der Waals surface area contributed by atoms with Gasteiger partial charge in [0.1, 0.15) is 0 Å². The Balaban J connectivity index is 2.62. The number of ether oxygens (including phenoxy) is 2. The van der Waals surface area contributed by atoms with Gasteiger partial charge in [0.2, 0.25) is 0 Å². The zero-order valence-corrected chi connectivity index (χ0v) is 14.3. The minimum absolute atomic E-state index is 0.201. The Morgan fingerprint density at radius 2 is 1.09 bits per heavy atom. The van der Waals surface area contributed by atoms with Crippen molar-refractivity contribution in [1.82, 2.24) is 0 Å². The topological polar surface area (TPSA) is 52.6 Å². The Morgan fingerprint density at radius 3 is 1.39 bits per heavy atom. The molecule has 0 bridgehead atoms. The van der Waals surface area contributed by atoms with Crippen molar-refractivity contribution in [3.8, 4) is 0 Å². The SMILES string of the molecule is COC(=O)C[PH](CC(=O)OC)(c1ccccc1)c1ccccc1. The summed E-state index contributed by atoms with van der Waals surface area (Å²) in [7, 11) is 0.0764. The van der Waals surface area contributed by atoms with E-state index in [4.69, 9.17) is 9.47 Å². The first-order valence-corrected chi connectivity index (χ1v) is 9.78. The van der Waals surface area contributed by atoms with Gasteiger partial charge in [0.25, 0.3) is 0 Å². The van der Waals surface area contributed by atoms with Crippen LogP contribution < -0.4 is 10.6 Å². The van der Waals surface area contributed by atoms with Crippen LogP contribution in [0, 0.1) is 0 Å². The van der Waals surface area contributed by atoms with Crippen molar-refractivity contribution >= 4 is 29.8 Å². The molecular formula is C18H21O4P. The van der Waals surface area contributed by atoms with Gasteiger partial charge in [0, 0.05) is 0 Å². The van der Waals surface area contributed by atoms with Crippen LogP contribution in [0.3, 0.4) is 0 Å². The average Bonchev–Trinajstić information content (AvgIpc) is 2.62. The third-order valence-electron chi connectivity index (χ3n) is 4.00. The minimum atomic E-state index is -2.66. The summed E-state index contributed by atoms with van der Waals surface area (Å²) in [6, 6.07) is 19.5. The number of carbonyl (C=O) groups is 2. The Bertz CT molecular complexity index is 596. The first kappa shape index (κ1) is 17.2. The van der Waals surface area contributed by atoms with Gasteiger partial charge in [-0.25, -0.2) is 0 Å². The number of rotatable bonds is 6. The monoisotopic (exact) mass is 332 g/mol. The van der Waals surface area contributed by atoms with Gasteiger partial charge in [-0.05, 0) is 0 Å². The molecule has 0 fully saturated rings. The van der Waals surface area contributed by atoms with Crippen molar-refractivity contribution in [2.75, 3.05) is 26.5 Å². The Labute approximate surface area is 136 Å². The molecular weight excluding hydrogens is 311 g/mol. The molecule has 0 aliphatic heterocycles. The van der Waals surface area contributed by atoms with Gasteiger partial charge < -0.3 is 0 Å². The van der Waals surface area contributed by atoms with Crippen LogP contribution in [0.1, 0.15) is 0 Å². The molecule has 0 saturated carbocycles. The van der Waals surface area contributed by atoms with Crippen molar-refractivity contribution in [3.63, 3.8) is 0 Å². The molecule has 0 atom stereocenters. The van der Waals surface area contributed by atoms with E-state index in [0.717, 1.165) is 10.6 Å². The van der Waals surface area contributed by atoms with Crippen LogP contribution in [0.15, 0.2) is 60.7 Å². The number of hydrogen-bond donors (Lipinski definition) is 0. The second-order valence-electron chi connectivity index (χ2n) is 5.32. The van der Waals surface area contributed by atoms with Crippen molar-refractivity contribution in [2.45, 2.75) is 0 Å². The van der Waals surface area contributed by atoms with E-state index in [1.807, 2.05) is 60.7 Å². The van der Waals surface area contributed by atoms with Gasteiger partial charge in [0.05, 0.1) is 0 Å². The van der Waals surface area contributed by atoms with Gasteiger partial charge in [-0.3, -0.25) is 0 Å². The fourth-order valence-electron chi connectivity index (χ4n) is 2.79. The predicted octanol–water partition coefficient (Wildman–Crippen LogP) is 1.73. The second-order valence-corrected chi connectivity index (χ2v) is 9.35. The summed E-state index contributed by atoms with van der Waals surface area (Å²) in [4.78, 5) is 24.2. The first-order valence-electron chi connectivity index (χ1n) is 7.37. The molecule has 0 unspecified atom stereocenters. The quantitative estimate of drug-likeness (QED) is 0.597. The summed E-state index contributed by atoms with van der Waals surface area (Å²) in [6.45, 7) is 0. The zero-order chi connectivity index (χ0) is 16.7. The summed E-state index contributed by atoms with van der Waals surface area (Å²) in [5.74, 6) is -0.624. The summed E-state index contributed by atoms with van der Waals surface area (Å²) in [5, 5.41) is 2.03. The molecule has 0 radical (unpaired) electrons. The first-order chi connectivity index (χ1) is 11.1. The molecule has 4 nitrogen and oxygen atoms in total. The Hall–Kier alpha value is -2.19. The molecule has 0 N–H and O–H groups in total. The van der Waals surface area contributed by atoms with E-state index in [1.54, 1.807) is 0 Å². The molecule has 0 spiro atoms. The van der Waals surface area contributed by atoms with Gasteiger partial charge >= 0.3 is 136 Å². The van der Waals surface area contributed by atoms with Crippen molar-refractivity contribution in [1.29, 1.82) is 0 Å². The molecule has 122 valence electrons. The molecule has 2 aromatic rings. The van der Waals surface area contributed by atoms with Crippen molar-refractivity contribution < 1.29 is 19.1 Å². The van der Waals surface area contributed by atoms with Gasteiger partial charge in [-0.15, -0.1) is 0 Å². The summed E-state index contributed by atoms with van der Waals surface area (Å²) < 4.78 is 9.82. The normalized spacial score (nSPS) is 11.6. The summed E-state index contributed by atoms with van der Waals surface area (Å²) in [6.07, 6.45) is 0.402. The maximum absolute atomic E-state index is 12.1. The number of methoxy groups -OCH3 is 2. The predicted molar refractivity (Wildman–Crippen MR) is 94.2 cm³/mol. The van der Waals surface area contributed by atoms with E-state index in [1.165, 1.54) is 14.2 Å². The Morgan fingerprint density at radius 1 is 0.739 bits per heavy atom. The molecule has 0 aliphatic carbocycles. The van der Waals surface area contributed by atoms with Crippen LogP contribution in [0.2, 0.25) is 0 Å².